The fraction of sp³-hybridized carbons (Fsp3) is 0.857. The molecular weight excluding hydrogens is 284 g/mol. The first kappa shape index (κ1) is 18.5. The Labute approximate surface area is 143 Å². The standard InChI is InChI=1S/C21H36O2/c1-3-6-17-9-11-18(12-10-17)7-4-5-8-19-13-15-20(16-14-19)21(22)23-2/h5,8,17-20H,3-4,6-7,9-16H2,1-2H3/b8-5+. The van der Waals surface area contributed by atoms with Crippen LogP contribution in [0, 0.1) is 23.7 Å². The number of methoxy groups -OCH3 is 1. The van der Waals surface area contributed by atoms with Gasteiger partial charge in [0.2, 0.25) is 0 Å². The van der Waals surface area contributed by atoms with Gasteiger partial charge in [0.05, 0.1) is 13.0 Å². The molecule has 0 atom stereocenters. The molecule has 2 saturated carbocycles. The summed E-state index contributed by atoms with van der Waals surface area (Å²) in [5.41, 5.74) is 0. The van der Waals surface area contributed by atoms with Crippen LogP contribution in [0.2, 0.25) is 0 Å². The van der Waals surface area contributed by atoms with Gasteiger partial charge in [0.15, 0.2) is 0 Å². The molecule has 2 nitrogen and oxygen atoms in total. The molecule has 2 aliphatic carbocycles. The molecule has 0 aromatic rings. The number of hydrogen-bond acceptors (Lipinski definition) is 2. The molecule has 0 unspecified atom stereocenters. The Kier molecular flexibility index (Phi) is 8.19. The summed E-state index contributed by atoms with van der Waals surface area (Å²) in [6.07, 6.45) is 20.5. The third-order valence-electron chi connectivity index (χ3n) is 6.12. The molecule has 0 bridgehead atoms. The van der Waals surface area contributed by atoms with E-state index in [4.69, 9.17) is 4.74 Å². The molecule has 0 aliphatic heterocycles. The molecule has 0 heterocycles. The maximum atomic E-state index is 11.5. The van der Waals surface area contributed by atoms with Crippen molar-refractivity contribution in [1.82, 2.24) is 0 Å². The molecule has 2 heteroatoms. The van der Waals surface area contributed by atoms with Crippen molar-refractivity contribution >= 4 is 5.97 Å². The minimum atomic E-state index is -0.00824. The van der Waals surface area contributed by atoms with Crippen molar-refractivity contribution in [2.24, 2.45) is 23.7 Å². The zero-order chi connectivity index (χ0) is 16.5. The van der Waals surface area contributed by atoms with Gasteiger partial charge >= 0.3 is 5.97 Å². The van der Waals surface area contributed by atoms with Crippen LogP contribution in [-0.4, -0.2) is 13.1 Å². The van der Waals surface area contributed by atoms with Crippen molar-refractivity contribution in [3.8, 4) is 0 Å². The van der Waals surface area contributed by atoms with Gasteiger partial charge < -0.3 is 4.74 Å². The molecule has 0 N–H and O–H groups in total. The van der Waals surface area contributed by atoms with Crippen molar-refractivity contribution in [2.45, 2.75) is 84.0 Å². The highest BCUT2D eigenvalue weighted by molar-refractivity contribution is 5.72. The van der Waals surface area contributed by atoms with Crippen LogP contribution in [0.1, 0.15) is 84.0 Å². The highest BCUT2D eigenvalue weighted by Gasteiger charge is 2.25. The molecule has 2 aliphatic rings. The van der Waals surface area contributed by atoms with Gasteiger partial charge in [0, 0.05) is 0 Å². The van der Waals surface area contributed by atoms with Crippen LogP contribution in [0.5, 0.6) is 0 Å². The monoisotopic (exact) mass is 320 g/mol. The van der Waals surface area contributed by atoms with Crippen LogP contribution in [0.15, 0.2) is 12.2 Å². The van der Waals surface area contributed by atoms with E-state index in [-0.39, 0.29) is 11.9 Å². The molecule has 2 fully saturated rings. The SMILES string of the molecule is CCCC1CCC(CC/C=C/C2CCC(C(=O)OC)CC2)CC1. The second-order valence-electron chi connectivity index (χ2n) is 7.82. The third-order valence-corrected chi connectivity index (χ3v) is 6.12. The van der Waals surface area contributed by atoms with Crippen LogP contribution in [-0.2, 0) is 9.53 Å². The van der Waals surface area contributed by atoms with Crippen LogP contribution < -0.4 is 0 Å². The first-order chi connectivity index (χ1) is 11.2. The number of carbonyl (C=O) groups is 1. The van der Waals surface area contributed by atoms with Crippen LogP contribution in [0.4, 0.5) is 0 Å². The zero-order valence-corrected chi connectivity index (χ0v) is 15.3. The predicted molar refractivity (Wildman–Crippen MR) is 96.2 cm³/mol. The normalized spacial score (nSPS) is 32.1. The van der Waals surface area contributed by atoms with Crippen molar-refractivity contribution in [1.29, 1.82) is 0 Å². The summed E-state index contributed by atoms with van der Waals surface area (Å²) >= 11 is 0. The van der Waals surface area contributed by atoms with Gasteiger partial charge in [-0.05, 0) is 56.3 Å². The smallest absolute Gasteiger partial charge is 0.308 e. The summed E-state index contributed by atoms with van der Waals surface area (Å²) < 4.78 is 4.86. The molecule has 2 rings (SSSR count). The zero-order valence-electron chi connectivity index (χ0n) is 15.3. The Morgan fingerprint density at radius 2 is 1.57 bits per heavy atom. The van der Waals surface area contributed by atoms with Crippen LogP contribution in [0.3, 0.4) is 0 Å². The van der Waals surface area contributed by atoms with Gasteiger partial charge in [0.1, 0.15) is 0 Å². The summed E-state index contributed by atoms with van der Waals surface area (Å²) in [6.45, 7) is 2.32. The Bertz CT molecular complexity index is 358. The number of esters is 1. The van der Waals surface area contributed by atoms with Crippen LogP contribution in [0.25, 0.3) is 0 Å². The van der Waals surface area contributed by atoms with Gasteiger partial charge in [-0.25, -0.2) is 0 Å². The Morgan fingerprint density at radius 1 is 0.957 bits per heavy atom. The van der Waals surface area contributed by atoms with Crippen molar-refractivity contribution < 1.29 is 9.53 Å². The molecule has 23 heavy (non-hydrogen) atoms. The summed E-state index contributed by atoms with van der Waals surface area (Å²) in [5.74, 6) is 2.84. The van der Waals surface area contributed by atoms with Crippen molar-refractivity contribution in [3.05, 3.63) is 12.2 Å². The predicted octanol–water partition coefficient (Wildman–Crippen LogP) is 5.91. The average molecular weight is 321 g/mol. The number of hydrogen-bond donors (Lipinski definition) is 0. The maximum Gasteiger partial charge on any atom is 0.308 e. The largest absolute Gasteiger partial charge is 0.469 e. The van der Waals surface area contributed by atoms with E-state index in [1.807, 2.05) is 0 Å². The van der Waals surface area contributed by atoms with Gasteiger partial charge in [0.25, 0.3) is 0 Å². The van der Waals surface area contributed by atoms with E-state index in [0.29, 0.717) is 5.92 Å². The van der Waals surface area contributed by atoms with Gasteiger partial charge in [-0.15, -0.1) is 0 Å². The second kappa shape index (κ2) is 10.2. The average Bonchev–Trinajstić information content (AvgIpc) is 2.60. The topological polar surface area (TPSA) is 26.3 Å². The molecule has 0 radical (unpaired) electrons. The number of allylic oxidation sites excluding steroid dienone is 2. The minimum absolute atomic E-state index is 0.00824. The summed E-state index contributed by atoms with van der Waals surface area (Å²) in [4.78, 5) is 11.5. The fourth-order valence-corrected chi connectivity index (χ4v) is 4.55. The van der Waals surface area contributed by atoms with E-state index in [0.717, 1.165) is 37.5 Å². The highest BCUT2D eigenvalue weighted by Crippen LogP contribution is 2.34. The molecule has 0 aromatic heterocycles. The molecular formula is C21H36O2. The highest BCUT2D eigenvalue weighted by atomic mass is 16.5. The fourth-order valence-electron chi connectivity index (χ4n) is 4.55. The number of carbonyl (C=O) groups excluding carboxylic acids is 1. The summed E-state index contributed by atoms with van der Waals surface area (Å²) in [7, 11) is 1.50. The van der Waals surface area contributed by atoms with Crippen LogP contribution >= 0.6 is 0 Å². The summed E-state index contributed by atoms with van der Waals surface area (Å²) in [6, 6.07) is 0. The molecule has 132 valence electrons. The van der Waals surface area contributed by atoms with Gasteiger partial charge in [-0.3, -0.25) is 4.79 Å². The quantitative estimate of drug-likeness (QED) is 0.430. The Hall–Kier alpha value is -0.790. The lowest BCUT2D eigenvalue weighted by atomic mass is 9.78. The summed E-state index contributed by atoms with van der Waals surface area (Å²) in [5, 5.41) is 0. The van der Waals surface area contributed by atoms with E-state index in [2.05, 4.69) is 19.1 Å². The van der Waals surface area contributed by atoms with E-state index in [9.17, 15) is 4.79 Å². The van der Waals surface area contributed by atoms with Gasteiger partial charge in [-0.2, -0.15) is 0 Å². The van der Waals surface area contributed by atoms with E-state index in [1.165, 1.54) is 58.5 Å². The van der Waals surface area contributed by atoms with E-state index in [1.54, 1.807) is 0 Å². The minimum Gasteiger partial charge on any atom is -0.469 e. The van der Waals surface area contributed by atoms with Crippen molar-refractivity contribution in [2.75, 3.05) is 7.11 Å². The molecule has 0 saturated heterocycles. The Balaban J connectivity index is 1.57. The first-order valence-corrected chi connectivity index (χ1v) is 9.97. The second-order valence-corrected chi connectivity index (χ2v) is 7.82. The lowest BCUT2D eigenvalue weighted by molar-refractivity contribution is -0.146. The molecule has 0 spiro atoms. The third kappa shape index (κ3) is 6.31. The van der Waals surface area contributed by atoms with Crippen molar-refractivity contribution in [3.63, 3.8) is 0 Å². The van der Waals surface area contributed by atoms with E-state index < -0.39 is 0 Å². The molecule has 0 amide bonds. The number of ether oxygens (including phenoxy) is 1. The Morgan fingerprint density at radius 3 is 2.13 bits per heavy atom. The first-order valence-electron chi connectivity index (χ1n) is 9.97. The number of rotatable bonds is 7. The maximum absolute atomic E-state index is 11.5. The lowest BCUT2D eigenvalue weighted by Gasteiger charge is -2.28. The van der Waals surface area contributed by atoms with Gasteiger partial charge in [-0.1, -0.05) is 57.6 Å². The lowest BCUT2D eigenvalue weighted by Crippen LogP contribution is -2.22. The molecule has 0 aromatic carbocycles. The van der Waals surface area contributed by atoms with E-state index >= 15 is 0 Å².